The number of aromatic nitrogens is 2. The Bertz CT molecular complexity index is 1750. The van der Waals surface area contributed by atoms with Crippen molar-refractivity contribution in [1.29, 1.82) is 0 Å². The number of ketones is 1. The Hall–Kier alpha value is -4.74. The van der Waals surface area contributed by atoms with Gasteiger partial charge in [0.05, 0.1) is 5.56 Å². The van der Waals surface area contributed by atoms with Crippen LogP contribution in [0.25, 0.3) is 10.9 Å². The van der Waals surface area contributed by atoms with Gasteiger partial charge in [0, 0.05) is 41.3 Å². The fourth-order valence-electron chi connectivity index (χ4n) is 7.20. The zero-order valence-electron chi connectivity index (χ0n) is 28.1. The molecule has 2 aliphatic carbocycles. The standard InChI is InChI=1S/C36H46N6O6/c1-21-17-22-9-7-10-23(18-22)31(21)40-30(44)20-42-16-8-13-28(35(42)48)39-33(46)27(14-15-29(43)34(47)41-36(2,3)4)38-32(45)25-19-37-26-12-6-5-11-24(25)26/h5-6,8,11-13,16,19,21-23,27,31,37H,7,9-10,14-15,17-18,20H2,1-4H3,(H,38,45)(H,39,46)(H,40,44)(H,41,47). The molecule has 12 heteroatoms. The maximum atomic E-state index is 13.6. The van der Waals surface area contributed by atoms with Gasteiger partial charge in [-0.3, -0.25) is 28.8 Å². The number of nitrogens with zero attached hydrogens (tertiary/aromatic N) is 1. The van der Waals surface area contributed by atoms with Gasteiger partial charge in [-0.1, -0.05) is 38.0 Å². The van der Waals surface area contributed by atoms with E-state index in [1.807, 2.05) is 12.1 Å². The number of aromatic amines is 1. The fourth-order valence-corrected chi connectivity index (χ4v) is 7.20. The number of fused-ring (bicyclic) bond motifs is 3. The van der Waals surface area contributed by atoms with Crippen LogP contribution in [0.5, 0.6) is 0 Å². The summed E-state index contributed by atoms with van der Waals surface area (Å²) in [5.74, 6) is -1.57. The number of carbonyl (C=O) groups excluding carboxylic acids is 5. The van der Waals surface area contributed by atoms with E-state index in [1.54, 1.807) is 39.0 Å². The fraction of sp³-hybridized carbons (Fsp3) is 0.500. The molecule has 48 heavy (non-hydrogen) atoms. The molecule has 2 aliphatic rings. The van der Waals surface area contributed by atoms with Crippen LogP contribution in [0.1, 0.15) is 83.0 Å². The van der Waals surface area contributed by atoms with Crippen molar-refractivity contribution in [3.63, 3.8) is 0 Å². The lowest BCUT2D eigenvalue weighted by Crippen LogP contribution is -2.50. The summed E-state index contributed by atoms with van der Waals surface area (Å²) in [6, 6.07) is 8.96. The largest absolute Gasteiger partial charge is 0.360 e. The van der Waals surface area contributed by atoms with Crippen LogP contribution in [0, 0.1) is 17.8 Å². The second kappa shape index (κ2) is 14.6. The molecule has 2 fully saturated rings. The number of H-pyrrole nitrogens is 1. The van der Waals surface area contributed by atoms with Gasteiger partial charge in [0.2, 0.25) is 17.6 Å². The van der Waals surface area contributed by atoms with E-state index in [1.165, 1.54) is 35.9 Å². The number of nitrogens with one attached hydrogen (secondary N) is 5. The van der Waals surface area contributed by atoms with Crippen LogP contribution in [0.15, 0.2) is 53.6 Å². The topological polar surface area (TPSA) is 171 Å². The number of para-hydroxylation sites is 1. The summed E-state index contributed by atoms with van der Waals surface area (Å²) in [4.78, 5) is 81.6. The van der Waals surface area contributed by atoms with E-state index >= 15 is 0 Å². The molecule has 5 rings (SSSR count). The summed E-state index contributed by atoms with van der Waals surface area (Å²) in [5.41, 5.74) is -0.278. The van der Waals surface area contributed by atoms with Gasteiger partial charge in [0.25, 0.3) is 17.4 Å². The maximum Gasteiger partial charge on any atom is 0.287 e. The van der Waals surface area contributed by atoms with Crippen molar-refractivity contribution in [2.45, 2.75) is 96.8 Å². The molecule has 3 aromatic rings. The minimum absolute atomic E-state index is 0.0716. The molecule has 5 N–H and O–H groups in total. The Morgan fingerprint density at radius 1 is 1.02 bits per heavy atom. The van der Waals surface area contributed by atoms with Gasteiger partial charge in [-0.2, -0.15) is 0 Å². The van der Waals surface area contributed by atoms with Gasteiger partial charge in [-0.25, -0.2) is 0 Å². The Labute approximate surface area is 279 Å². The molecule has 2 saturated carbocycles. The smallest absolute Gasteiger partial charge is 0.287 e. The molecule has 2 heterocycles. The van der Waals surface area contributed by atoms with Crippen molar-refractivity contribution in [2.24, 2.45) is 17.8 Å². The van der Waals surface area contributed by atoms with Crippen molar-refractivity contribution in [3.05, 3.63) is 64.7 Å². The van der Waals surface area contributed by atoms with Crippen LogP contribution in [-0.2, 0) is 25.7 Å². The van der Waals surface area contributed by atoms with E-state index in [9.17, 15) is 28.8 Å². The third kappa shape index (κ3) is 8.39. The summed E-state index contributed by atoms with van der Waals surface area (Å²) in [7, 11) is 0. The molecule has 2 aromatic heterocycles. The minimum atomic E-state index is -1.26. The highest BCUT2D eigenvalue weighted by Crippen LogP contribution is 2.42. The third-order valence-electron chi connectivity index (χ3n) is 9.43. The number of rotatable bonds is 11. The van der Waals surface area contributed by atoms with Crippen molar-refractivity contribution >= 4 is 46.0 Å². The average Bonchev–Trinajstić information content (AvgIpc) is 3.46. The number of benzene rings is 1. The van der Waals surface area contributed by atoms with Gasteiger partial charge >= 0.3 is 0 Å². The number of carbonyl (C=O) groups is 5. The molecule has 0 radical (unpaired) electrons. The first-order valence-electron chi connectivity index (χ1n) is 16.8. The molecule has 12 nitrogen and oxygen atoms in total. The summed E-state index contributed by atoms with van der Waals surface area (Å²) < 4.78 is 1.24. The Balaban J connectivity index is 1.29. The van der Waals surface area contributed by atoms with Gasteiger partial charge in [0.15, 0.2) is 0 Å². The first-order chi connectivity index (χ1) is 22.8. The molecule has 1 aromatic carbocycles. The van der Waals surface area contributed by atoms with Crippen LogP contribution >= 0.6 is 0 Å². The number of hydrogen-bond donors (Lipinski definition) is 5. The Morgan fingerprint density at radius 2 is 1.79 bits per heavy atom. The highest BCUT2D eigenvalue weighted by Gasteiger charge is 2.38. The van der Waals surface area contributed by atoms with E-state index in [4.69, 9.17) is 0 Å². The molecule has 5 atom stereocenters. The Morgan fingerprint density at radius 3 is 2.56 bits per heavy atom. The average molecular weight is 659 g/mol. The molecule has 0 aliphatic heterocycles. The molecule has 5 unspecified atom stereocenters. The summed E-state index contributed by atoms with van der Waals surface area (Å²) in [6.07, 6.45) is 8.24. The first-order valence-corrected chi connectivity index (χ1v) is 16.8. The van der Waals surface area contributed by atoms with E-state index in [2.05, 4.69) is 33.2 Å². The summed E-state index contributed by atoms with van der Waals surface area (Å²) >= 11 is 0. The molecular weight excluding hydrogens is 612 g/mol. The lowest BCUT2D eigenvalue weighted by molar-refractivity contribution is -0.139. The number of amides is 4. The maximum absolute atomic E-state index is 13.6. The van der Waals surface area contributed by atoms with Crippen LogP contribution in [0.4, 0.5) is 5.69 Å². The Kier molecular flexibility index (Phi) is 10.5. The van der Waals surface area contributed by atoms with Gasteiger partial charge in [0.1, 0.15) is 18.3 Å². The van der Waals surface area contributed by atoms with E-state index in [-0.39, 0.29) is 37.0 Å². The summed E-state index contributed by atoms with van der Waals surface area (Å²) in [5, 5.41) is 11.7. The monoisotopic (exact) mass is 658 g/mol. The molecule has 2 bridgehead atoms. The molecule has 0 saturated heterocycles. The molecular formula is C36H46N6O6. The normalized spacial score (nSPS) is 21.2. The van der Waals surface area contributed by atoms with E-state index < -0.39 is 40.6 Å². The van der Waals surface area contributed by atoms with Gasteiger partial charge < -0.3 is 30.8 Å². The van der Waals surface area contributed by atoms with Crippen LogP contribution in [-0.4, -0.2) is 56.6 Å². The zero-order valence-corrected chi connectivity index (χ0v) is 28.1. The van der Waals surface area contributed by atoms with Crippen molar-refractivity contribution < 1.29 is 24.0 Å². The number of anilines is 1. The first kappa shape index (κ1) is 34.6. The number of pyridine rings is 1. The van der Waals surface area contributed by atoms with Crippen molar-refractivity contribution in [3.8, 4) is 0 Å². The highest BCUT2D eigenvalue weighted by molar-refractivity contribution is 6.36. The quantitative estimate of drug-likeness (QED) is 0.197. The number of hydrogen-bond acceptors (Lipinski definition) is 6. The van der Waals surface area contributed by atoms with E-state index in [0.717, 1.165) is 30.7 Å². The van der Waals surface area contributed by atoms with Crippen molar-refractivity contribution in [1.82, 2.24) is 25.5 Å². The summed E-state index contributed by atoms with van der Waals surface area (Å²) in [6.45, 7) is 7.20. The van der Waals surface area contributed by atoms with Gasteiger partial charge in [-0.05, 0) is 82.4 Å². The lowest BCUT2D eigenvalue weighted by Gasteiger charge is -2.44. The van der Waals surface area contributed by atoms with Crippen LogP contribution in [0.3, 0.4) is 0 Å². The minimum Gasteiger partial charge on any atom is -0.360 e. The SMILES string of the molecule is CC1CC2CCCC(C2)C1NC(=O)Cn1cccc(NC(=O)C(CCC(=O)C(=O)NC(C)(C)C)NC(=O)c2c[nH]c3ccccc23)c1=O. The van der Waals surface area contributed by atoms with Gasteiger partial charge in [-0.15, -0.1) is 0 Å². The molecule has 256 valence electrons. The number of Topliss-reactive ketones (excluding diaryl/α,β-unsaturated/α-hetero) is 1. The van der Waals surface area contributed by atoms with Crippen LogP contribution < -0.4 is 26.8 Å². The van der Waals surface area contributed by atoms with Crippen molar-refractivity contribution in [2.75, 3.05) is 5.32 Å². The second-order valence-corrected chi connectivity index (χ2v) is 14.4. The lowest BCUT2D eigenvalue weighted by atomic mass is 9.65. The van der Waals surface area contributed by atoms with Crippen LogP contribution in [0.2, 0.25) is 0 Å². The predicted molar refractivity (Wildman–Crippen MR) is 182 cm³/mol. The third-order valence-corrected chi connectivity index (χ3v) is 9.43. The van der Waals surface area contributed by atoms with E-state index in [0.29, 0.717) is 22.8 Å². The predicted octanol–water partition coefficient (Wildman–Crippen LogP) is 3.66. The molecule has 4 amide bonds. The zero-order chi connectivity index (χ0) is 34.6. The molecule has 0 spiro atoms. The highest BCUT2D eigenvalue weighted by atomic mass is 16.2. The second-order valence-electron chi connectivity index (χ2n) is 14.4.